The van der Waals surface area contributed by atoms with Crippen LogP contribution in [0, 0.1) is 6.92 Å². The van der Waals surface area contributed by atoms with Gasteiger partial charge in [-0.25, -0.2) is 4.98 Å². The lowest BCUT2D eigenvalue weighted by atomic mass is 9.97. The van der Waals surface area contributed by atoms with Crippen LogP contribution in [0.25, 0.3) is 44.4 Å². The zero-order valence-corrected chi connectivity index (χ0v) is 25.7. The maximum atomic E-state index is 13.2. The fraction of sp³-hybridized carbons (Fsp3) is 0.273. The lowest BCUT2D eigenvalue weighted by Crippen LogP contribution is -2.48. The molecule has 0 amide bonds. The van der Waals surface area contributed by atoms with E-state index in [-0.39, 0.29) is 4.90 Å². The topological polar surface area (TPSA) is 109 Å². The van der Waals surface area contributed by atoms with Gasteiger partial charge in [0.1, 0.15) is 16.2 Å². The number of oxazole rings is 1. The van der Waals surface area contributed by atoms with Gasteiger partial charge in [0, 0.05) is 60.3 Å². The molecule has 226 valence electrons. The normalized spacial score (nSPS) is 15.1. The molecule has 1 aliphatic rings. The summed E-state index contributed by atoms with van der Waals surface area (Å²) >= 11 is 0. The number of aryl methyl sites for hydroxylation is 1. The van der Waals surface area contributed by atoms with Gasteiger partial charge in [0.2, 0.25) is 5.89 Å². The third kappa shape index (κ3) is 5.38. The Labute approximate surface area is 255 Å². The molecular weight excluding hydrogens is 576 g/mol. The Hall–Kier alpha value is -4.45. The number of hydrogen-bond donors (Lipinski definition) is 1. The van der Waals surface area contributed by atoms with Crippen LogP contribution in [0.15, 0.2) is 88.6 Å². The second kappa shape index (κ2) is 11.2. The van der Waals surface area contributed by atoms with Gasteiger partial charge in [-0.15, -0.1) is 5.10 Å². The average Bonchev–Trinajstić information content (AvgIpc) is 3.77. The quantitative estimate of drug-likeness (QED) is 0.241. The van der Waals surface area contributed by atoms with E-state index in [2.05, 4.69) is 38.7 Å². The molecule has 0 atom stereocenters. The summed E-state index contributed by atoms with van der Waals surface area (Å²) in [6.07, 6.45) is 5.26. The monoisotopic (exact) mass is 610 g/mol. The Balaban J connectivity index is 1.28. The number of nitrogens with zero attached hydrogens (tertiary/aromatic N) is 5. The largest absolute Gasteiger partial charge is 0.440 e. The lowest BCUT2D eigenvalue weighted by Gasteiger charge is -2.36. The highest BCUT2D eigenvalue weighted by Gasteiger charge is 2.24. The number of aromatic nitrogens is 4. The Morgan fingerprint density at radius 2 is 1.75 bits per heavy atom. The second-order valence-corrected chi connectivity index (χ2v) is 13.1. The third-order valence-corrected chi connectivity index (χ3v) is 9.53. The van der Waals surface area contributed by atoms with Crippen molar-refractivity contribution in [2.75, 3.05) is 26.2 Å². The van der Waals surface area contributed by atoms with Crippen LogP contribution in [0.2, 0.25) is 0 Å². The molecule has 0 unspecified atom stereocenters. The molecule has 1 aliphatic heterocycles. The summed E-state index contributed by atoms with van der Waals surface area (Å²) in [6.45, 7) is 11.0. The van der Waals surface area contributed by atoms with Crippen molar-refractivity contribution in [2.24, 2.45) is 0 Å². The van der Waals surface area contributed by atoms with E-state index in [0.29, 0.717) is 34.9 Å². The van der Waals surface area contributed by atoms with Crippen molar-refractivity contribution in [3.8, 4) is 22.6 Å². The van der Waals surface area contributed by atoms with Crippen molar-refractivity contribution in [2.45, 2.75) is 38.3 Å². The molecule has 1 N–H and O–H groups in total. The highest BCUT2D eigenvalue weighted by molar-refractivity contribution is 7.87. The Morgan fingerprint density at radius 3 is 2.52 bits per heavy atom. The van der Waals surface area contributed by atoms with Crippen LogP contribution in [0.5, 0.6) is 0 Å². The second-order valence-electron chi connectivity index (χ2n) is 11.6. The zero-order chi connectivity index (χ0) is 30.4. The van der Waals surface area contributed by atoms with Gasteiger partial charge in [0.25, 0.3) is 0 Å². The van der Waals surface area contributed by atoms with Crippen LogP contribution in [-0.2, 0) is 16.7 Å². The van der Waals surface area contributed by atoms with Gasteiger partial charge in [-0.05, 0) is 68.3 Å². The molecule has 4 heterocycles. The Kier molecular flexibility index (Phi) is 7.23. The first-order valence-electron chi connectivity index (χ1n) is 14.8. The lowest BCUT2D eigenvalue weighted by molar-refractivity contribution is 0.0992. The minimum atomic E-state index is -4.15. The summed E-state index contributed by atoms with van der Waals surface area (Å²) in [5.41, 5.74) is 4.93. The van der Waals surface area contributed by atoms with Crippen LogP contribution < -0.4 is 4.28 Å². The first-order chi connectivity index (χ1) is 21.2. The van der Waals surface area contributed by atoms with E-state index in [4.69, 9.17) is 8.70 Å². The van der Waals surface area contributed by atoms with Crippen LogP contribution in [-0.4, -0.2) is 70.4 Å². The SMILES string of the molecule is Cc1ccc(S(=O)(=O)On2ncc3c(-c4ncc(CN5CCN(C(C)C)CC5)o4)cc(-c4cccc5[nH]ccc45)cc32)cc1. The van der Waals surface area contributed by atoms with E-state index < -0.39 is 10.1 Å². The van der Waals surface area contributed by atoms with Crippen molar-refractivity contribution >= 4 is 31.9 Å². The Bertz CT molecular complexity index is 2050. The number of H-pyrrole nitrogens is 1. The van der Waals surface area contributed by atoms with Gasteiger partial charge in [-0.1, -0.05) is 34.7 Å². The number of piperazine rings is 1. The number of fused-ring (bicyclic) bond motifs is 2. The van der Waals surface area contributed by atoms with E-state index in [0.717, 1.165) is 64.4 Å². The van der Waals surface area contributed by atoms with Crippen LogP contribution in [0.3, 0.4) is 0 Å². The number of nitrogens with one attached hydrogen (secondary N) is 1. The number of aromatic amines is 1. The van der Waals surface area contributed by atoms with Gasteiger partial charge < -0.3 is 9.40 Å². The molecule has 0 aliphatic carbocycles. The molecule has 0 bridgehead atoms. The number of benzene rings is 3. The smallest absolute Gasteiger partial charge is 0.358 e. The van der Waals surface area contributed by atoms with E-state index in [1.54, 1.807) is 24.5 Å². The molecular formula is C33H34N6O4S. The molecule has 0 spiro atoms. The average molecular weight is 611 g/mol. The van der Waals surface area contributed by atoms with Gasteiger partial charge in [-0.3, -0.25) is 14.1 Å². The van der Waals surface area contributed by atoms with Gasteiger partial charge in [0.05, 0.1) is 18.9 Å². The van der Waals surface area contributed by atoms with Crippen molar-refractivity contribution in [3.63, 3.8) is 0 Å². The van der Waals surface area contributed by atoms with E-state index in [1.807, 2.05) is 49.5 Å². The maximum Gasteiger partial charge on any atom is 0.358 e. The van der Waals surface area contributed by atoms with Crippen LogP contribution >= 0.6 is 0 Å². The summed E-state index contributed by atoms with van der Waals surface area (Å²) in [7, 11) is -4.15. The molecule has 11 heteroatoms. The molecule has 0 saturated carbocycles. The maximum absolute atomic E-state index is 13.2. The highest BCUT2D eigenvalue weighted by atomic mass is 32.2. The van der Waals surface area contributed by atoms with Gasteiger partial charge in [-0.2, -0.15) is 8.42 Å². The molecule has 3 aromatic heterocycles. The highest BCUT2D eigenvalue weighted by Crippen LogP contribution is 2.36. The van der Waals surface area contributed by atoms with Crippen LogP contribution in [0.4, 0.5) is 0 Å². The van der Waals surface area contributed by atoms with E-state index in [9.17, 15) is 8.42 Å². The molecule has 44 heavy (non-hydrogen) atoms. The molecule has 6 aromatic rings. The van der Waals surface area contributed by atoms with Crippen LogP contribution in [0.1, 0.15) is 25.2 Å². The molecule has 3 aromatic carbocycles. The predicted molar refractivity (Wildman–Crippen MR) is 169 cm³/mol. The summed E-state index contributed by atoms with van der Waals surface area (Å²) in [4.78, 5) is 13.9. The number of hydrogen-bond acceptors (Lipinski definition) is 8. The molecule has 1 saturated heterocycles. The predicted octanol–water partition coefficient (Wildman–Crippen LogP) is 5.49. The minimum Gasteiger partial charge on any atom is -0.440 e. The fourth-order valence-electron chi connectivity index (χ4n) is 5.84. The third-order valence-electron chi connectivity index (χ3n) is 8.34. The minimum absolute atomic E-state index is 0.0480. The first-order valence-corrected chi connectivity index (χ1v) is 16.2. The zero-order valence-electron chi connectivity index (χ0n) is 24.9. The molecule has 0 radical (unpaired) electrons. The first kappa shape index (κ1) is 28.3. The van der Waals surface area contributed by atoms with Crippen molar-refractivity contribution < 1.29 is 17.1 Å². The van der Waals surface area contributed by atoms with Gasteiger partial charge in [0.15, 0.2) is 0 Å². The van der Waals surface area contributed by atoms with E-state index >= 15 is 0 Å². The standard InChI is InChI=1S/C33H34N6O4S/c1-22(2)38-15-13-37(14-16-38)21-25-19-35-33(42-25)29-17-24(27-5-4-6-31-28(27)11-12-34-31)18-32-30(29)20-36-39(32)43-44(40,41)26-9-7-23(3)8-10-26/h4-12,17-20,22,34H,13-16,21H2,1-3H3. The molecule has 10 nitrogen and oxygen atoms in total. The molecule has 1 fully saturated rings. The fourth-order valence-corrected chi connectivity index (χ4v) is 6.70. The summed E-state index contributed by atoms with van der Waals surface area (Å²) in [5.74, 6) is 1.21. The Morgan fingerprint density at radius 1 is 0.955 bits per heavy atom. The van der Waals surface area contributed by atoms with Crippen molar-refractivity contribution in [1.82, 2.24) is 29.7 Å². The number of rotatable bonds is 8. The summed E-state index contributed by atoms with van der Waals surface area (Å²) in [6, 6.07) is 19.0. The summed E-state index contributed by atoms with van der Waals surface area (Å²) in [5, 5.41) is 6.04. The molecule has 7 rings (SSSR count). The van der Waals surface area contributed by atoms with E-state index in [1.165, 1.54) is 12.1 Å². The van der Waals surface area contributed by atoms with Crippen molar-refractivity contribution in [3.05, 3.63) is 90.6 Å². The summed E-state index contributed by atoms with van der Waals surface area (Å²) < 4.78 is 38.4. The van der Waals surface area contributed by atoms with Gasteiger partial charge >= 0.3 is 10.1 Å². The van der Waals surface area contributed by atoms with Crippen molar-refractivity contribution in [1.29, 1.82) is 0 Å².